The van der Waals surface area contributed by atoms with E-state index >= 15 is 0 Å². The number of ether oxygens (including phenoxy) is 1. The minimum absolute atomic E-state index is 0.190. The maximum absolute atomic E-state index is 9.10. The van der Waals surface area contributed by atoms with Gasteiger partial charge in [-0.2, -0.15) is 10.5 Å². The van der Waals surface area contributed by atoms with Gasteiger partial charge < -0.3 is 15.4 Å². The first-order valence-electron chi connectivity index (χ1n) is 5.21. The predicted octanol–water partition coefficient (Wildman–Crippen LogP) is 1.30. The van der Waals surface area contributed by atoms with Gasteiger partial charge in [-0.3, -0.25) is 0 Å². The van der Waals surface area contributed by atoms with E-state index in [9.17, 15) is 0 Å². The zero-order valence-corrected chi connectivity index (χ0v) is 10.3. The summed E-state index contributed by atoms with van der Waals surface area (Å²) < 4.78 is 5.28. The second-order valence-electron chi connectivity index (χ2n) is 3.84. The van der Waals surface area contributed by atoms with Gasteiger partial charge in [0.15, 0.2) is 0 Å². The number of nitriles is 2. The van der Waals surface area contributed by atoms with E-state index in [0.717, 1.165) is 24.5 Å². The van der Waals surface area contributed by atoms with Crippen molar-refractivity contribution >= 4 is 22.0 Å². The van der Waals surface area contributed by atoms with Crippen molar-refractivity contribution in [2.75, 3.05) is 30.8 Å². The van der Waals surface area contributed by atoms with Crippen LogP contribution in [0.5, 0.6) is 0 Å². The average molecular weight is 248 g/mol. The van der Waals surface area contributed by atoms with Crippen LogP contribution in [0, 0.1) is 22.7 Å². The SMILES string of the molecule is COC1CCN(c2sc(C#N)c(N)c2C#N)C1. The van der Waals surface area contributed by atoms with Gasteiger partial charge in [0, 0.05) is 20.2 Å². The molecule has 17 heavy (non-hydrogen) atoms. The van der Waals surface area contributed by atoms with E-state index in [0.29, 0.717) is 16.1 Å². The molecule has 0 amide bonds. The number of hydrogen-bond acceptors (Lipinski definition) is 6. The molecular weight excluding hydrogens is 236 g/mol. The number of anilines is 2. The summed E-state index contributed by atoms with van der Waals surface area (Å²) in [6.07, 6.45) is 1.12. The quantitative estimate of drug-likeness (QED) is 0.852. The molecule has 1 aliphatic heterocycles. The first-order chi connectivity index (χ1) is 8.21. The lowest BCUT2D eigenvalue weighted by molar-refractivity contribution is 0.121. The van der Waals surface area contributed by atoms with Crippen molar-refractivity contribution in [1.29, 1.82) is 10.5 Å². The number of nitrogens with zero attached hydrogens (tertiary/aromatic N) is 3. The van der Waals surface area contributed by atoms with Crippen LogP contribution >= 0.6 is 11.3 Å². The molecule has 1 aliphatic rings. The first kappa shape index (κ1) is 11.7. The van der Waals surface area contributed by atoms with Crippen molar-refractivity contribution in [3.05, 3.63) is 10.4 Å². The molecule has 2 heterocycles. The fraction of sp³-hybridized carbons (Fsp3) is 0.455. The Morgan fingerprint density at radius 2 is 2.24 bits per heavy atom. The fourth-order valence-corrected chi connectivity index (χ4v) is 2.95. The molecule has 6 heteroatoms. The van der Waals surface area contributed by atoms with Gasteiger partial charge in [-0.1, -0.05) is 0 Å². The van der Waals surface area contributed by atoms with Crippen LogP contribution in [0.1, 0.15) is 16.9 Å². The Bertz CT molecular complexity index is 511. The number of hydrogen-bond donors (Lipinski definition) is 1. The summed E-state index contributed by atoms with van der Waals surface area (Å²) in [7, 11) is 1.68. The Kier molecular flexibility index (Phi) is 3.19. The normalized spacial score (nSPS) is 19.0. The molecule has 0 aliphatic carbocycles. The van der Waals surface area contributed by atoms with Gasteiger partial charge in [0.25, 0.3) is 0 Å². The van der Waals surface area contributed by atoms with E-state index in [-0.39, 0.29) is 6.10 Å². The van der Waals surface area contributed by atoms with Gasteiger partial charge in [0.05, 0.1) is 11.8 Å². The van der Waals surface area contributed by atoms with Crippen LogP contribution in [-0.2, 0) is 4.74 Å². The Hall–Kier alpha value is -1.76. The van der Waals surface area contributed by atoms with E-state index in [1.807, 2.05) is 6.07 Å². The molecule has 0 radical (unpaired) electrons. The smallest absolute Gasteiger partial charge is 0.131 e. The average Bonchev–Trinajstić information content (AvgIpc) is 2.92. The molecule has 1 aromatic heterocycles. The van der Waals surface area contributed by atoms with Crippen molar-refractivity contribution in [3.8, 4) is 12.1 Å². The van der Waals surface area contributed by atoms with Gasteiger partial charge >= 0.3 is 0 Å². The second-order valence-corrected chi connectivity index (χ2v) is 4.84. The van der Waals surface area contributed by atoms with E-state index in [2.05, 4.69) is 11.0 Å². The number of nitrogens with two attached hydrogens (primary N) is 1. The minimum Gasteiger partial charge on any atom is -0.396 e. The third kappa shape index (κ3) is 1.93. The van der Waals surface area contributed by atoms with Crippen LogP contribution < -0.4 is 10.6 Å². The fourth-order valence-electron chi connectivity index (χ4n) is 1.95. The molecule has 0 bridgehead atoms. The zero-order chi connectivity index (χ0) is 12.4. The minimum atomic E-state index is 0.190. The molecule has 0 saturated carbocycles. The summed E-state index contributed by atoms with van der Waals surface area (Å²) in [5, 5.41) is 18.8. The lowest BCUT2D eigenvalue weighted by atomic mass is 10.2. The Balaban J connectivity index is 2.34. The molecule has 1 aromatic rings. The number of methoxy groups -OCH3 is 1. The van der Waals surface area contributed by atoms with Crippen molar-refractivity contribution < 1.29 is 4.74 Å². The van der Waals surface area contributed by atoms with E-state index in [1.54, 1.807) is 7.11 Å². The third-order valence-corrected chi connectivity index (χ3v) is 4.08. The summed E-state index contributed by atoms with van der Waals surface area (Å²) >= 11 is 1.28. The molecule has 2 rings (SSSR count). The molecule has 1 saturated heterocycles. The summed E-state index contributed by atoms with van der Waals surface area (Å²) in [6, 6.07) is 4.10. The van der Waals surface area contributed by atoms with Crippen LogP contribution in [0.4, 0.5) is 10.7 Å². The highest BCUT2D eigenvalue weighted by Gasteiger charge is 2.27. The summed E-state index contributed by atoms with van der Waals surface area (Å²) in [4.78, 5) is 2.48. The van der Waals surface area contributed by atoms with E-state index in [4.69, 9.17) is 21.0 Å². The Morgan fingerprint density at radius 3 is 2.76 bits per heavy atom. The molecule has 1 fully saturated rings. The van der Waals surface area contributed by atoms with Crippen LogP contribution in [0.15, 0.2) is 0 Å². The molecule has 1 atom stereocenters. The van der Waals surface area contributed by atoms with E-state index < -0.39 is 0 Å². The highest BCUT2D eigenvalue weighted by Crippen LogP contribution is 2.38. The standard InChI is InChI=1S/C11H12N4OS/c1-16-7-2-3-15(6-7)11-8(4-12)10(14)9(5-13)17-11/h7H,2-3,6,14H2,1H3. The largest absolute Gasteiger partial charge is 0.396 e. The Morgan fingerprint density at radius 1 is 1.47 bits per heavy atom. The molecule has 0 spiro atoms. The third-order valence-electron chi connectivity index (χ3n) is 2.91. The second kappa shape index (κ2) is 4.62. The van der Waals surface area contributed by atoms with Crippen molar-refractivity contribution in [3.63, 3.8) is 0 Å². The number of rotatable bonds is 2. The van der Waals surface area contributed by atoms with Gasteiger partial charge in [-0.05, 0) is 6.42 Å². The van der Waals surface area contributed by atoms with Crippen molar-refractivity contribution in [1.82, 2.24) is 0 Å². The number of nitrogen functional groups attached to an aromatic ring is 1. The van der Waals surface area contributed by atoms with Gasteiger partial charge in [0.2, 0.25) is 0 Å². The van der Waals surface area contributed by atoms with Crippen LogP contribution in [-0.4, -0.2) is 26.3 Å². The zero-order valence-electron chi connectivity index (χ0n) is 9.43. The van der Waals surface area contributed by atoms with Crippen LogP contribution in [0.25, 0.3) is 0 Å². The Labute approximate surface area is 104 Å². The maximum atomic E-state index is 9.10. The van der Waals surface area contributed by atoms with Crippen molar-refractivity contribution in [2.45, 2.75) is 12.5 Å². The van der Waals surface area contributed by atoms with Gasteiger partial charge in [-0.25, -0.2) is 0 Å². The topological polar surface area (TPSA) is 86.1 Å². The lowest BCUT2D eigenvalue weighted by Gasteiger charge is -2.16. The summed E-state index contributed by atoms with van der Waals surface area (Å²) in [6.45, 7) is 1.58. The molecule has 88 valence electrons. The highest BCUT2D eigenvalue weighted by atomic mass is 32.1. The molecule has 2 N–H and O–H groups in total. The van der Waals surface area contributed by atoms with Gasteiger partial charge in [0.1, 0.15) is 27.6 Å². The monoisotopic (exact) mass is 248 g/mol. The van der Waals surface area contributed by atoms with E-state index in [1.165, 1.54) is 11.3 Å². The first-order valence-corrected chi connectivity index (χ1v) is 6.03. The highest BCUT2D eigenvalue weighted by molar-refractivity contribution is 7.17. The molecule has 5 nitrogen and oxygen atoms in total. The number of thiophene rings is 1. The summed E-state index contributed by atoms with van der Waals surface area (Å²) in [5.41, 5.74) is 6.49. The lowest BCUT2D eigenvalue weighted by Crippen LogP contribution is -2.21. The molecule has 0 aromatic carbocycles. The maximum Gasteiger partial charge on any atom is 0.131 e. The summed E-state index contributed by atoms with van der Waals surface area (Å²) in [5.74, 6) is 0. The molecule has 1 unspecified atom stereocenters. The van der Waals surface area contributed by atoms with Crippen LogP contribution in [0.3, 0.4) is 0 Å². The van der Waals surface area contributed by atoms with Crippen molar-refractivity contribution in [2.24, 2.45) is 0 Å². The van der Waals surface area contributed by atoms with Gasteiger partial charge in [-0.15, -0.1) is 11.3 Å². The predicted molar refractivity (Wildman–Crippen MR) is 65.8 cm³/mol. The van der Waals surface area contributed by atoms with Crippen LogP contribution in [0.2, 0.25) is 0 Å². The molecular formula is C11H12N4OS.